The van der Waals surface area contributed by atoms with E-state index in [0.29, 0.717) is 6.61 Å². The first kappa shape index (κ1) is 10.3. The molecule has 1 aromatic rings. The van der Waals surface area contributed by atoms with Gasteiger partial charge in [-0.3, -0.25) is 0 Å². The van der Waals surface area contributed by atoms with Crippen LogP contribution in [0.4, 0.5) is 0 Å². The fourth-order valence-electron chi connectivity index (χ4n) is 1.01. The van der Waals surface area contributed by atoms with Crippen molar-refractivity contribution >= 4 is 11.6 Å². The molecule has 0 atom stereocenters. The van der Waals surface area contributed by atoms with Crippen LogP contribution in [0, 0.1) is 7.11 Å². The van der Waals surface area contributed by atoms with Gasteiger partial charge in [-0.25, -0.2) is 0 Å². The van der Waals surface area contributed by atoms with Gasteiger partial charge >= 0.3 is 0 Å². The van der Waals surface area contributed by atoms with E-state index in [9.17, 15) is 0 Å². The number of rotatable bonds is 4. The van der Waals surface area contributed by atoms with Crippen molar-refractivity contribution in [3.05, 3.63) is 54.1 Å². The Balaban J connectivity index is 2.49. The lowest BCUT2D eigenvalue weighted by atomic mass is 10.1. The molecule has 0 fully saturated rings. The maximum absolute atomic E-state index is 5.96. The molecule has 0 saturated heterocycles. The Kier molecular flexibility index (Phi) is 4.58. The van der Waals surface area contributed by atoms with Crippen molar-refractivity contribution in [3.8, 4) is 0 Å². The summed E-state index contributed by atoms with van der Waals surface area (Å²) in [6.45, 7) is 0.546. The Morgan fingerprint density at radius 1 is 1.31 bits per heavy atom. The van der Waals surface area contributed by atoms with Crippen LogP contribution < -0.4 is 0 Å². The minimum Gasteiger partial charge on any atom is -0.375 e. The summed E-state index contributed by atoms with van der Waals surface area (Å²) in [6.07, 6.45) is 4.78. The summed E-state index contributed by atoms with van der Waals surface area (Å²) in [5, 5.41) is 0.808. The fourth-order valence-corrected chi connectivity index (χ4v) is 1.22. The molecule has 13 heavy (non-hydrogen) atoms. The summed E-state index contributed by atoms with van der Waals surface area (Å²) in [7, 11) is 3.27. The first-order chi connectivity index (χ1) is 6.34. The molecule has 1 radical (unpaired) electrons. The van der Waals surface area contributed by atoms with Crippen molar-refractivity contribution in [2.45, 2.75) is 6.42 Å². The van der Waals surface area contributed by atoms with Gasteiger partial charge in [0.2, 0.25) is 0 Å². The zero-order valence-electron chi connectivity index (χ0n) is 7.37. The lowest BCUT2D eigenvalue weighted by Gasteiger charge is -1.98. The van der Waals surface area contributed by atoms with E-state index in [2.05, 4.69) is 11.8 Å². The predicted molar refractivity (Wildman–Crippen MR) is 55.6 cm³/mol. The molecule has 0 aromatic heterocycles. The molecule has 0 spiro atoms. The van der Waals surface area contributed by atoms with Crippen LogP contribution in [0.3, 0.4) is 0 Å². The van der Waals surface area contributed by atoms with Gasteiger partial charge in [0.15, 0.2) is 0 Å². The number of hydrogen-bond donors (Lipinski definition) is 0. The maximum Gasteiger partial charge on any atom is 0.0704 e. The van der Waals surface area contributed by atoms with Gasteiger partial charge in [-0.2, -0.15) is 0 Å². The third kappa shape index (κ3) is 3.62. The van der Waals surface area contributed by atoms with Crippen LogP contribution in [-0.4, -0.2) is 6.61 Å². The van der Waals surface area contributed by atoms with Crippen molar-refractivity contribution in [2.75, 3.05) is 6.61 Å². The largest absolute Gasteiger partial charge is 0.375 e. The van der Waals surface area contributed by atoms with Crippen molar-refractivity contribution < 1.29 is 4.74 Å². The van der Waals surface area contributed by atoms with Gasteiger partial charge in [0, 0.05) is 5.02 Å². The van der Waals surface area contributed by atoms with E-state index >= 15 is 0 Å². The topological polar surface area (TPSA) is 9.23 Å². The van der Waals surface area contributed by atoms with Crippen molar-refractivity contribution in [1.29, 1.82) is 0 Å². The van der Waals surface area contributed by atoms with Gasteiger partial charge in [-0.15, -0.1) is 0 Å². The fraction of sp³-hybridized carbons (Fsp3) is 0.182. The number of hydrogen-bond acceptors (Lipinski definition) is 1. The van der Waals surface area contributed by atoms with E-state index in [1.165, 1.54) is 0 Å². The number of halogens is 1. The third-order valence-corrected chi connectivity index (χ3v) is 2.05. The van der Waals surface area contributed by atoms with Crippen LogP contribution >= 0.6 is 11.6 Å². The summed E-state index contributed by atoms with van der Waals surface area (Å²) in [6, 6.07) is 7.81. The molecule has 0 aliphatic heterocycles. The molecule has 2 heteroatoms. The summed E-state index contributed by atoms with van der Waals surface area (Å²) >= 11 is 5.96. The number of ether oxygens (including phenoxy) is 1. The van der Waals surface area contributed by atoms with E-state index in [0.717, 1.165) is 17.0 Å². The van der Waals surface area contributed by atoms with Crippen LogP contribution in [0.2, 0.25) is 5.02 Å². The third-order valence-electron chi connectivity index (χ3n) is 1.68. The standard InChI is InChI=1S/C11H12ClO/c1-13-9-5-4-7-10-6-2-3-8-11(10)12/h2-6,8H,1,7,9H2. The molecular weight excluding hydrogens is 184 g/mol. The average Bonchev–Trinajstić information content (AvgIpc) is 2.15. The molecule has 0 amide bonds. The van der Waals surface area contributed by atoms with Crippen LogP contribution in [0.5, 0.6) is 0 Å². The highest BCUT2D eigenvalue weighted by Gasteiger charge is 1.94. The van der Waals surface area contributed by atoms with E-state index in [-0.39, 0.29) is 0 Å². The monoisotopic (exact) mass is 195 g/mol. The molecule has 0 heterocycles. The van der Waals surface area contributed by atoms with Gasteiger partial charge in [-0.1, -0.05) is 42.0 Å². The molecule has 0 saturated carbocycles. The predicted octanol–water partition coefficient (Wildman–Crippen LogP) is 3.25. The lowest BCUT2D eigenvalue weighted by molar-refractivity contribution is 0.281. The van der Waals surface area contributed by atoms with Crippen LogP contribution in [0.1, 0.15) is 5.56 Å². The summed E-state index contributed by atoms with van der Waals surface area (Å²) in [4.78, 5) is 0. The van der Waals surface area contributed by atoms with E-state index in [1.807, 2.05) is 36.4 Å². The summed E-state index contributed by atoms with van der Waals surface area (Å²) in [5.74, 6) is 0. The molecule has 0 aliphatic carbocycles. The quantitative estimate of drug-likeness (QED) is 0.671. The zero-order chi connectivity index (χ0) is 9.52. The Labute approximate surface area is 84.0 Å². The van der Waals surface area contributed by atoms with Crippen LogP contribution in [0.25, 0.3) is 0 Å². The molecule has 0 aliphatic rings. The van der Waals surface area contributed by atoms with Crippen LogP contribution in [-0.2, 0) is 11.2 Å². The molecule has 1 nitrogen and oxygen atoms in total. The zero-order valence-corrected chi connectivity index (χ0v) is 8.13. The van der Waals surface area contributed by atoms with Crippen molar-refractivity contribution in [1.82, 2.24) is 0 Å². The minimum atomic E-state index is 0.546. The number of allylic oxidation sites excluding steroid dienone is 1. The van der Waals surface area contributed by atoms with E-state index < -0.39 is 0 Å². The summed E-state index contributed by atoms with van der Waals surface area (Å²) < 4.78 is 4.64. The van der Waals surface area contributed by atoms with Gasteiger partial charge in [-0.05, 0) is 18.1 Å². The highest BCUT2D eigenvalue weighted by atomic mass is 35.5. The Bertz CT molecular complexity index is 281. The SMILES string of the molecule is [CH2]OCC=CCc1ccccc1Cl. The van der Waals surface area contributed by atoms with Gasteiger partial charge < -0.3 is 4.74 Å². The lowest BCUT2D eigenvalue weighted by Crippen LogP contribution is -1.83. The van der Waals surface area contributed by atoms with Gasteiger partial charge in [0.25, 0.3) is 0 Å². The van der Waals surface area contributed by atoms with Crippen LogP contribution in [0.15, 0.2) is 36.4 Å². The minimum absolute atomic E-state index is 0.546. The maximum atomic E-state index is 5.96. The second-order valence-corrected chi connectivity index (χ2v) is 3.04. The van der Waals surface area contributed by atoms with E-state index in [1.54, 1.807) is 0 Å². The Hall–Kier alpha value is -0.790. The smallest absolute Gasteiger partial charge is 0.0704 e. The molecule has 0 bridgehead atoms. The Morgan fingerprint density at radius 3 is 2.77 bits per heavy atom. The normalized spacial score (nSPS) is 10.9. The second-order valence-electron chi connectivity index (χ2n) is 2.64. The average molecular weight is 196 g/mol. The molecule has 69 valence electrons. The molecule has 0 unspecified atom stereocenters. The van der Waals surface area contributed by atoms with Crippen molar-refractivity contribution in [2.24, 2.45) is 0 Å². The first-order valence-corrected chi connectivity index (χ1v) is 4.48. The molecule has 1 rings (SSSR count). The second kappa shape index (κ2) is 5.79. The van der Waals surface area contributed by atoms with E-state index in [4.69, 9.17) is 11.6 Å². The molecule has 0 N–H and O–H groups in total. The molecular formula is C11H12ClO. The van der Waals surface area contributed by atoms with Gasteiger partial charge in [0.05, 0.1) is 13.7 Å². The Morgan fingerprint density at radius 2 is 2.08 bits per heavy atom. The number of benzene rings is 1. The van der Waals surface area contributed by atoms with Crippen molar-refractivity contribution in [3.63, 3.8) is 0 Å². The first-order valence-electron chi connectivity index (χ1n) is 4.10. The highest BCUT2D eigenvalue weighted by Crippen LogP contribution is 2.15. The molecule has 1 aromatic carbocycles. The highest BCUT2D eigenvalue weighted by molar-refractivity contribution is 6.31. The van der Waals surface area contributed by atoms with Gasteiger partial charge in [0.1, 0.15) is 0 Å². The summed E-state index contributed by atoms with van der Waals surface area (Å²) in [5.41, 5.74) is 1.13.